The number of ketones is 1. The van der Waals surface area contributed by atoms with Gasteiger partial charge in [-0.15, -0.1) is 0 Å². The Morgan fingerprint density at radius 1 is 1.14 bits per heavy atom. The second kappa shape index (κ2) is 7.45. The van der Waals surface area contributed by atoms with Crippen molar-refractivity contribution in [2.24, 2.45) is 0 Å². The first-order valence-corrected chi connectivity index (χ1v) is 7.77. The molecule has 0 N–H and O–H groups in total. The fourth-order valence-electron chi connectivity index (χ4n) is 2.20. The smallest absolute Gasteiger partial charge is 0.164 e. The highest BCUT2D eigenvalue weighted by molar-refractivity contribution is 6.42. The Morgan fingerprint density at radius 2 is 1.82 bits per heavy atom. The van der Waals surface area contributed by atoms with Crippen molar-refractivity contribution in [3.63, 3.8) is 0 Å². The van der Waals surface area contributed by atoms with Gasteiger partial charge < -0.3 is 0 Å². The monoisotopic (exact) mass is 331 g/mol. The van der Waals surface area contributed by atoms with Crippen molar-refractivity contribution in [3.8, 4) is 6.07 Å². The Morgan fingerprint density at radius 3 is 2.36 bits per heavy atom. The summed E-state index contributed by atoms with van der Waals surface area (Å²) in [5.41, 5.74) is 2.53. The molecule has 112 valence electrons. The third-order valence-corrected chi connectivity index (χ3v) is 4.32. The molecule has 0 radical (unpaired) electrons. The Balaban J connectivity index is 2.16. The normalized spacial score (nSPS) is 11.7. The number of carbonyl (C=O) groups excluding carboxylic acids is 1. The standard InChI is InChI=1S/C18H15Cl2NO/c1-2-12-3-5-13(6-4-12)15(11-21)10-18(22)14-7-8-16(19)17(20)9-14/h3-9,15H,2,10H2,1H3/t15-/m1/s1. The van der Waals surface area contributed by atoms with Crippen LogP contribution in [0.2, 0.25) is 10.0 Å². The molecule has 2 rings (SSSR count). The van der Waals surface area contributed by atoms with E-state index in [2.05, 4.69) is 13.0 Å². The summed E-state index contributed by atoms with van der Waals surface area (Å²) in [6, 6.07) is 14.8. The summed E-state index contributed by atoms with van der Waals surface area (Å²) in [7, 11) is 0. The van der Waals surface area contributed by atoms with Crippen molar-refractivity contribution in [2.45, 2.75) is 25.7 Å². The predicted molar refractivity (Wildman–Crippen MR) is 89.6 cm³/mol. The lowest BCUT2D eigenvalue weighted by Gasteiger charge is -2.10. The summed E-state index contributed by atoms with van der Waals surface area (Å²) >= 11 is 11.8. The zero-order chi connectivity index (χ0) is 16.1. The summed E-state index contributed by atoms with van der Waals surface area (Å²) in [6.45, 7) is 2.07. The van der Waals surface area contributed by atoms with E-state index in [0.717, 1.165) is 12.0 Å². The van der Waals surface area contributed by atoms with Crippen LogP contribution in [0.1, 0.15) is 40.7 Å². The number of Topliss-reactive ketones (excluding diaryl/α,β-unsaturated/α-hetero) is 1. The molecule has 2 aromatic rings. The van der Waals surface area contributed by atoms with Crippen molar-refractivity contribution in [2.75, 3.05) is 0 Å². The van der Waals surface area contributed by atoms with Gasteiger partial charge in [0.25, 0.3) is 0 Å². The minimum Gasteiger partial charge on any atom is -0.294 e. The van der Waals surface area contributed by atoms with Crippen molar-refractivity contribution in [1.29, 1.82) is 5.26 Å². The summed E-state index contributed by atoms with van der Waals surface area (Å²) in [5.74, 6) is -0.586. The van der Waals surface area contributed by atoms with Crippen LogP contribution < -0.4 is 0 Å². The minimum atomic E-state index is -0.465. The van der Waals surface area contributed by atoms with E-state index in [1.165, 1.54) is 5.56 Å². The number of halogens is 2. The van der Waals surface area contributed by atoms with E-state index >= 15 is 0 Å². The highest BCUT2D eigenvalue weighted by atomic mass is 35.5. The number of hydrogen-bond acceptors (Lipinski definition) is 2. The molecule has 0 spiro atoms. The topological polar surface area (TPSA) is 40.9 Å². The molecule has 0 aliphatic heterocycles. The molecule has 0 saturated carbocycles. The number of benzene rings is 2. The molecule has 0 amide bonds. The van der Waals surface area contributed by atoms with Crippen LogP contribution in [0.25, 0.3) is 0 Å². The predicted octanol–water partition coefficient (Wildman–Crippen LogP) is 5.44. The van der Waals surface area contributed by atoms with Gasteiger partial charge in [-0.1, -0.05) is 54.4 Å². The number of rotatable bonds is 5. The maximum Gasteiger partial charge on any atom is 0.164 e. The summed E-state index contributed by atoms with van der Waals surface area (Å²) in [5, 5.41) is 10.1. The highest BCUT2D eigenvalue weighted by Gasteiger charge is 2.17. The van der Waals surface area contributed by atoms with Gasteiger partial charge in [-0.2, -0.15) is 5.26 Å². The molecule has 0 aliphatic rings. The average Bonchev–Trinajstić information content (AvgIpc) is 2.55. The highest BCUT2D eigenvalue weighted by Crippen LogP contribution is 2.26. The molecule has 1 atom stereocenters. The number of aryl methyl sites for hydroxylation is 1. The molecule has 0 aliphatic carbocycles. The third kappa shape index (κ3) is 3.88. The molecule has 4 heteroatoms. The van der Waals surface area contributed by atoms with Crippen LogP contribution in [-0.2, 0) is 6.42 Å². The van der Waals surface area contributed by atoms with Gasteiger partial charge in [0.15, 0.2) is 5.78 Å². The van der Waals surface area contributed by atoms with Gasteiger partial charge in [0.1, 0.15) is 0 Å². The zero-order valence-corrected chi connectivity index (χ0v) is 13.7. The van der Waals surface area contributed by atoms with Gasteiger partial charge >= 0.3 is 0 Å². The maximum atomic E-state index is 12.3. The zero-order valence-electron chi connectivity index (χ0n) is 12.1. The lowest BCUT2D eigenvalue weighted by Crippen LogP contribution is -2.06. The molecule has 0 bridgehead atoms. The SMILES string of the molecule is CCc1ccc([C@@H](C#N)CC(=O)c2ccc(Cl)c(Cl)c2)cc1. The first-order valence-electron chi connectivity index (χ1n) is 7.01. The summed E-state index contributed by atoms with van der Waals surface area (Å²) < 4.78 is 0. The third-order valence-electron chi connectivity index (χ3n) is 3.58. The number of nitriles is 1. The van der Waals surface area contributed by atoms with Crippen molar-refractivity contribution in [1.82, 2.24) is 0 Å². The fourth-order valence-corrected chi connectivity index (χ4v) is 2.49. The maximum absolute atomic E-state index is 12.3. The Hall–Kier alpha value is -1.82. The van der Waals surface area contributed by atoms with E-state index in [4.69, 9.17) is 23.2 Å². The second-order valence-electron chi connectivity index (χ2n) is 5.03. The molecule has 2 nitrogen and oxygen atoms in total. The summed E-state index contributed by atoms with van der Waals surface area (Å²) in [6.07, 6.45) is 1.07. The van der Waals surface area contributed by atoms with Crippen molar-refractivity contribution in [3.05, 3.63) is 69.2 Å². The first-order chi connectivity index (χ1) is 10.5. The van der Waals surface area contributed by atoms with Crippen LogP contribution in [0.4, 0.5) is 0 Å². The van der Waals surface area contributed by atoms with Crippen LogP contribution in [0.3, 0.4) is 0 Å². The number of nitrogens with zero attached hydrogens (tertiary/aromatic N) is 1. The number of hydrogen-bond donors (Lipinski definition) is 0. The largest absolute Gasteiger partial charge is 0.294 e. The molecule has 0 saturated heterocycles. The lowest BCUT2D eigenvalue weighted by molar-refractivity contribution is 0.0979. The van der Waals surface area contributed by atoms with Crippen LogP contribution in [0, 0.1) is 11.3 Å². The molecular formula is C18H15Cl2NO. The van der Waals surface area contributed by atoms with E-state index in [9.17, 15) is 10.1 Å². The van der Waals surface area contributed by atoms with Gasteiger partial charge in [0, 0.05) is 12.0 Å². The van der Waals surface area contributed by atoms with Crippen molar-refractivity contribution < 1.29 is 4.79 Å². The molecule has 0 heterocycles. The van der Waals surface area contributed by atoms with Crippen LogP contribution in [-0.4, -0.2) is 5.78 Å². The van der Waals surface area contributed by atoms with E-state index in [1.54, 1.807) is 18.2 Å². The second-order valence-corrected chi connectivity index (χ2v) is 5.85. The van der Waals surface area contributed by atoms with Crippen molar-refractivity contribution >= 4 is 29.0 Å². The van der Waals surface area contributed by atoms with E-state index in [-0.39, 0.29) is 12.2 Å². The minimum absolute atomic E-state index is 0.121. The Labute approximate surface area is 140 Å². The van der Waals surface area contributed by atoms with E-state index in [0.29, 0.717) is 15.6 Å². The quantitative estimate of drug-likeness (QED) is 0.685. The molecule has 22 heavy (non-hydrogen) atoms. The van der Waals surface area contributed by atoms with Crippen LogP contribution in [0.5, 0.6) is 0 Å². The molecule has 0 aromatic heterocycles. The van der Waals surface area contributed by atoms with Gasteiger partial charge in [0.05, 0.1) is 22.0 Å². The number of carbonyl (C=O) groups is 1. The molecule has 2 aromatic carbocycles. The average molecular weight is 332 g/mol. The van der Waals surface area contributed by atoms with Gasteiger partial charge in [0.2, 0.25) is 0 Å². The van der Waals surface area contributed by atoms with Crippen LogP contribution >= 0.6 is 23.2 Å². The van der Waals surface area contributed by atoms with Gasteiger partial charge in [-0.25, -0.2) is 0 Å². The Bertz CT molecular complexity index is 717. The first kappa shape index (κ1) is 16.5. The van der Waals surface area contributed by atoms with Gasteiger partial charge in [-0.05, 0) is 35.7 Å². The van der Waals surface area contributed by atoms with Gasteiger partial charge in [-0.3, -0.25) is 4.79 Å². The Kier molecular flexibility index (Phi) is 5.60. The summed E-state index contributed by atoms with van der Waals surface area (Å²) in [4.78, 5) is 12.3. The van der Waals surface area contributed by atoms with E-state index in [1.807, 2.05) is 24.3 Å². The molecule has 0 fully saturated rings. The fraction of sp³-hybridized carbons (Fsp3) is 0.222. The molecular weight excluding hydrogens is 317 g/mol. The molecule has 0 unspecified atom stereocenters. The lowest BCUT2D eigenvalue weighted by atomic mass is 9.92. The van der Waals surface area contributed by atoms with Crippen LogP contribution in [0.15, 0.2) is 42.5 Å². The van der Waals surface area contributed by atoms with E-state index < -0.39 is 5.92 Å².